The molecule has 5 heteroatoms. The second-order valence-electron chi connectivity index (χ2n) is 6.36. The van der Waals surface area contributed by atoms with Crippen molar-refractivity contribution in [1.29, 1.82) is 0 Å². The molecule has 0 saturated carbocycles. The zero-order valence-electron chi connectivity index (χ0n) is 14.6. The number of ether oxygens (including phenoxy) is 1. The Kier molecular flexibility index (Phi) is 5.44. The molecule has 3 aromatic carbocycles. The van der Waals surface area contributed by atoms with Gasteiger partial charge in [0.05, 0.1) is 19.5 Å². The first-order chi connectivity index (χ1) is 13.2. The van der Waals surface area contributed by atoms with E-state index in [9.17, 15) is 0 Å². The van der Waals surface area contributed by atoms with Crippen molar-refractivity contribution in [2.45, 2.75) is 19.3 Å². The van der Waals surface area contributed by atoms with E-state index in [0.717, 1.165) is 11.1 Å². The standard InChI is InChI=1S/C22H18Cl2N2O/c23-18-8-9-20(21(24)12-18)22(13-26-11-10-25-15-26)27-14-17-6-3-5-16-4-1-2-7-19(16)17/h1-12,15,22H,13-14H2. The first-order valence-corrected chi connectivity index (χ1v) is 9.45. The van der Waals surface area contributed by atoms with Crippen molar-refractivity contribution in [2.75, 3.05) is 0 Å². The van der Waals surface area contributed by atoms with Crippen molar-refractivity contribution < 1.29 is 4.74 Å². The predicted molar refractivity (Wildman–Crippen MR) is 110 cm³/mol. The number of aromatic nitrogens is 2. The van der Waals surface area contributed by atoms with E-state index < -0.39 is 0 Å². The molecule has 0 N–H and O–H groups in total. The second-order valence-corrected chi connectivity index (χ2v) is 7.21. The number of nitrogens with zero attached hydrogens (tertiary/aromatic N) is 2. The molecule has 0 aliphatic carbocycles. The van der Waals surface area contributed by atoms with Crippen LogP contribution in [0.3, 0.4) is 0 Å². The molecule has 1 heterocycles. The van der Waals surface area contributed by atoms with Crippen molar-refractivity contribution in [2.24, 2.45) is 0 Å². The normalized spacial score (nSPS) is 12.4. The van der Waals surface area contributed by atoms with Gasteiger partial charge in [-0.15, -0.1) is 0 Å². The van der Waals surface area contributed by atoms with Gasteiger partial charge in [-0.25, -0.2) is 4.98 Å². The largest absolute Gasteiger partial charge is 0.367 e. The highest BCUT2D eigenvalue weighted by Gasteiger charge is 2.17. The van der Waals surface area contributed by atoms with Gasteiger partial charge in [-0.05, 0) is 28.5 Å². The van der Waals surface area contributed by atoms with E-state index in [2.05, 4.69) is 35.3 Å². The summed E-state index contributed by atoms with van der Waals surface area (Å²) in [7, 11) is 0. The van der Waals surface area contributed by atoms with Crippen molar-refractivity contribution in [3.05, 3.63) is 101 Å². The fourth-order valence-corrected chi connectivity index (χ4v) is 3.73. The molecule has 4 rings (SSSR count). The lowest BCUT2D eigenvalue weighted by Gasteiger charge is -2.21. The van der Waals surface area contributed by atoms with Gasteiger partial charge in [-0.2, -0.15) is 0 Å². The van der Waals surface area contributed by atoms with E-state index in [0.29, 0.717) is 23.2 Å². The smallest absolute Gasteiger partial charge is 0.102 e. The third kappa shape index (κ3) is 4.16. The summed E-state index contributed by atoms with van der Waals surface area (Å²) in [4.78, 5) is 4.12. The fraction of sp³-hybridized carbons (Fsp3) is 0.136. The predicted octanol–water partition coefficient (Wildman–Crippen LogP) is 6.30. The molecule has 0 saturated heterocycles. The molecular formula is C22H18Cl2N2O. The summed E-state index contributed by atoms with van der Waals surface area (Å²) in [6.07, 6.45) is 5.23. The van der Waals surface area contributed by atoms with E-state index in [-0.39, 0.29) is 6.10 Å². The van der Waals surface area contributed by atoms with E-state index in [1.54, 1.807) is 18.6 Å². The van der Waals surface area contributed by atoms with Crippen LogP contribution in [0.25, 0.3) is 10.8 Å². The van der Waals surface area contributed by atoms with Gasteiger partial charge in [0.2, 0.25) is 0 Å². The molecule has 1 atom stereocenters. The lowest BCUT2D eigenvalue weighted by molar-refractivity contribution is 0.0286. The van der Waals surface area contributed by atoms with Gasteiger partial charge in [0.25, 0.3) is 0 Å². The van der Waals surface area contributed by atoms with E-state index in [4.69, 9.17) is 27.9 Å². The van der Waals surface area contributed by atoms with Crippen molar-refractivity contribution in [1.82, 2.24) is 9.55 Å². The number of fused-ring (bicyclic) bond motifs is 1. The molecule has 0 aliphatic rings. The van der Waals surface area contributed by atoms with Gasteiger partial charge < -0.3 is 9.30 Å². The number of benzene rings is 3. The molecular weight excluding hydrogens is 379 g/mol. The minimum atomic E-state index is -0.220. The first kappa shape index (κ1) is 18.1. The number of rotatable bonds is 6. The Bertz CT molecular complexity index is 1040. The molecule has 3 nitrogen and oxygen atoms in total. The zero-order chi connectivity index (χ0) is 18.6. The minimum Gasteiger partial charge on any atom is -0.367 e. The summed E-state index contributed by atoms with van der Waals surface area (Å²) in [5.74, 6) is 0. The van der Waals surface area contributed by atoms with Crippen LogP contribution in [0.4, 0.5) is 0 Å². The number of halogens is 2. The van der Waals surface area contributed by atoms with Gasteiger partial charge in [-0.1, -0.05) is 71.7 Å². The molecule has 0 radical (unpaired) electrons. The lowest BCUT2D eigenvalue weighted by atomic mass is 10.0. The Morgan fingerprint density at radius 3 is 2.67 bits per heavy atom. The molecule has 0 bridgehead atoms. The average molecular weight is 397 g/mol. The highest BCUT2D eigenvalue weighted by molar-refractivity contribution is 6.35. The monoisotopic (exact) mass is 396 g/mol. The third-order valence-corrected chi connectivity index (χ3v) is 5.13. The molecule has 1 aromatic heterocycles. The maximum absolute atomic E-state index is 6.45. The van der Waals surface area contributed by atoms with Gasteiger partial charge in [-0.3, -0.25) is 0 Å². The van der Waals surface area contributed by atoms with E-state index >= 15 is 0 Å². The number of hydrogen-bond donors (Lipinski definition) is 0. The molecule has 0 amide bonds. The van der Waals surface area contributed by atoms with Gasteiger partial charge in [0, 0.05) is 28.0 Å². The Balaban J connectivity index is 1.62. The zero-order valence-corrected chi connectivity index (χ0v) is 16.1. The quantitative estimate of drug-likeness (QED) is 0.382. The highest BCUT2D eigenvalue weighted by Crippen LogP contribution is 2.31. The molecule has 0 spiro atoms. The van der Waals surface area contributed by atoms with Gasteiger partial charge in [0.15, 0.2) is 0 Å². The van der Waals surface area contributed by atoms with Crippen molar-refractivity contribution in [3.8, 4) is 0 Å². The Labute approximate surface area is 168 Å². The number of hydrogen-bond acceptors (Lipinski definition) is 2. The second kappa shape index (κ2) is 8.13. The van der Waals surface area contributed by atoms with Crippen LogP contribution in [-0.4, -0.2) is 9.55 Å². The van der Waals surface area contributed by atoms with Gasteiger partial charge >= 0.3 is 0 Å². The maximum atomic E-state index is 6.45. The van der Waals surface area contributed by atoms with E-state index in [1.807, 2.05) is 35.0 Å². The molecule has 0 fully saturated rings. The first-order valence-electron chi connectivity index (χ1n) is 8.69. The van der Waals surface area contributed by atoms with Crippen LogP contribution >= 0.6 is 23.2 Å². The van der Waals surface area contributed by atoms with Crippen LogP contribution in [0.2, 0.25) is 10.0 Å². The lowest BCUT2D eigenvalue weighted by Crippen LogP contribution is -2.12. The minimum absolute atomic E-state index is 0.220. The van der Waals surface area contributed by atoms with Gasteiger partial charge in [0.1, 0.15) is 6.10 Å². The summed E-state index contributed by atoms with van der Waals surface area (Å²) in [5.41, 5.74) is 2.06. The molecule has 27 heavy (non-hydrogen) atoms. The third-order valence-electron chi connectivity index (χ3n) is 4.57. The fourth-order valence-electron chi connectivity index (χ4n) is 3.20. The maximum Gasteiger partial charge on any atom is 0.102 e. The number of imidazole rings is 1. The summed E-state index contributed by atoms with van der Waals surface area (Å²) < 4.78 is 8.33. The Morgan fingerprint density at radius 2 is 1.85 bits per heavy atom. The Morgan fingerprint density at radius 1 is 1.00 bits per heavy atom. The molecule has 0 aliphatic heterocycles. The van der Waals surface area contributed by atoms with Crippen molar-refractivity contribution >= 4 is 34.0 Å². The highest BCUT2D eigenvalue weighted by atomic mass is 35.5. The Hall–Kier alpha value is -2.33. The van der Waals surface area contributed by atoms with Crippen LogP contribution in [0.15, 0.2) is 79.4 Å². The molecule has 136 valence electrons. The van der Waals surface area contributed by atoms with Crippen LogP contribution in [-0.2, 0) is 17.9 Å². The van der Waals surface area contributed by atoms with Crippen LogP contribution < -0.4 is 0 Å². The molecule has 1 unspecified atom stereocenters. The van der Waals surface area contributed by atoms with Crippen molar-refractivity contribution in [3.63, 3.8) is 0 Å². The van der Waals surface area contributed by atoms with E-state index in [1.165, 1.54) is 10.8 Å². The summed E-state index contributed by atoms with van der Waals surface area (Å²) in [6, 6.07) is 20.1. The SMILES string of the molecule is Clc1ccc(C(Cn2ccnc2)OCc2cccc3ccccc23)c(Cl)c1. The summed E-state index contributed by atoms with van der Waals surface area (Å²) in [5, 5.41) is 3.61. The summed E-state index contributed by atoms with van der Waals surface area (Å²) in [6.45, 7) is 1.10. The topological polar surface area (TPSA) is 27.1 Å². The van der Waals surface area contributed by atoms with Crippen LogP contribution in [0, 0.1) is 0 Å². The summed E-state index contributed by atoms with van der Waals surface area (Å²) >= 11 is 12.5. The van der Waals surface area contributed by atoms with Crippen LogP contribution in [0.5, 0.6) is 0 Å². The van der Waals surface area contributed by atoms with Crippen LogP contribution in [0.1, 0.15) is 17.2 Å². The molecule has 4 aromatic rings. The average Bonchev–Trinajstić information content (AvgIpc) is 3.18.